The number of hydrogen-bond acceptors (Lipinski definition) is 3. The first-order chi connectivity index (χ1) is 5.76. The Morgan fingerprint density at radius 1 is 1.21 bits per heavy atom. The van der Waals surface area contributed by atoms with Crippen molar-refractivity contribution >= 4 is 25.4 Å². The number of rotatable bonds is 2. The van der Waals surface area contributed by atoms with Gasteiger partial charge < -0.3 is 10.5 Å². The number of carbonyl (C=O) groups is 1. The van der Waals surface area contributed by atoms with Gasteiger partial charge in [-0.25, -0.2) is 0 Å². The van der Waals surface area contributed by atoms with Crippen LogP contribution in [0.15, 0.2) is 0 Å². The summed E-state index contributed by atoms with van der Waals surface area (Å²) in [5.74, 6) is -0.345. The summed E-state index contributed by atoms with van der Waals surface area (Å²) in [4.78, 5) is 10.1. The second kappa shape index (κ2) is 4.14. The third-order valence-corrected chi connectivity index (χ3v) is 0.472. The molecule has 90 valence electrons. The van der Waals surface area contributed by atoms with E-state index < -0.39 is 19.5 Å². The van der Waals surface area contributed by atoms with E-state index in [9.17, 15) is 21.7 Å². The van der Waals surface area contributed by atoms with Crippen molar-refractivity contribution in [2.45, 2.75) is 6.92 Å². The first kappa shape index (κ1) is 16.3. The molecule has 0 heterocycles. The Labute approximate surface area is 78.1 Å². The van der Waals surface area contributed by atoms with E-state index in [2.05, 4.69) is 4.74 Å². The molecule has 0 amide bonds. The standard InChI is InChI=1S/C4H9NO2.6FH.Sb/c1-2-7-4(6)3-5;;;;;;;/h2-3,5H2,1H3;6*1H;/q;;;;;;;+5/p-6. The number of hydrogen-bond donors (Lipinski definition) is 1. The second-order valence-corrected chi connectivity index (χ2v) is 7.44. The monoisotopic (exact) mass is 338 g/mol. The first-order valence-electron chi connectivity index (χ1n) is 3.18. The van der Waals surface area contributed by atoms with Gasteiger partial charge in [-0.3, -0.25) is 4.79 Å². The van der Waals surface area contributed by atoms with Crippen LogP contribution in [-0.4, -0.2) is 38.6 Å². The molecule has 0 saturated carbocycles. The zero-order valence-corrected chi connectivity index (χ0v) is 9.58. The second-order valence-electron chi connectivity index (χ2n) is 1.97. The Kier molecular flexibility index (Phi) is 4.81. The quantitative estimate of drug-likeness (QED) is 0.473. The minimum absolute atomic E-state index is 0.0200. The third kappa shape index (κ3) is 59.5. The summed E-state index contributed by atoms with van der Waals surface area (Å²) in [5.41, 5.74) is 4.88. The first-order valence-corrected chi connectivity index (χ1v) is 8.97. The number of carbonyl (C=O) groups excluding carboxylic acids is 1. The molecular formula is C4H9F6NO2Sb-. The van der Waals surface area contributed by atoms with Crippen molar-refractivity contribution < 1.29 is 26.4 Å². The molecule has 0 aliphatic heterocycles. The Hall–Kier alpha value is -0.172. The van der Waals surface area contributed by atoms with Crippen molar-refractivity contribution in [2.75, 3.05) is 13.2 Å². The Balaban J connectivity index is 0. The van der Waals surface area contributed by atoms with Crippen molar-refractivity contribution in [3.63, 3.8) is 0 Å². The average molecular weight is 339 g/mol. The molecule has 0 aromatic rings. The summed E-state index contributed by atoms with van der Waals surface area (Å²) >= 11 is -11.2. The molecule has 0 unspecified atom stereocenters. The van der Waals surface area contributed by atoms with E-state index in [1.54, 1.807) is 6.92 Å². The molecule has 0 rings (SSSR count). The molecule has 0 atom stereocenters. The van der Waals surface area contributed by atoms with Crippen LogP contribution in [0.1, 0.15) is 6.92 Å². The summed E-state index contributed by atoms with van der Waals surface area (Å²) in [6.07, 6.45) is 0. The van der Waals surface area contributed by atoms with Crippen LogP contribution < -0.4 is 5.73 Å². The summed E-state index contributed by atoms with van der Waals surface area (Å²) in [5, 5.41) is 0. The maximum absolute atomic E-state index is 11.2. The van der Waals surface area contributed by atoms with Gasteiger partial charge in [-0.15, -0.1) is 0 Å². The van der Waals surface area contributed by atoms with Gasteiger partial charge in [0.1, 0.15) is 0 Å². The van der Waals surface area contributed by atoms with Crippen molar-refractivity contribution in [1.29, 1.82) is 0 Å². The number of halogens is 6. The normalized spacial score (nSPS) is 15.7. The van der Waals surface area contributed by atoms with Gasteiger partial charge in [-0.05, 0) is 6.92 Å². The van der Waals surface area contributed by atoms with Crippen LogP contribution in [0.25, 0.3) is 0 Å². The Morgan fingerprint density at radius 3 is 1.57 bits per heavy atom. The molecule has 2 N–H and O–H groups in total. The topological polar surface area (TPSA) is 52.3 Å². The predicted molar refractivity (Wildman–Crippen MR) is 38.1 cm³/mol. The number of esters is 1. The summed E-state index contributed by atoms with van der Waals surface area (Å²) in [7, 11) is 0. The minimum atomic E-state index is -11.2. The molecule has 3 nitrogen and oxygen atoms in total. The van der Waals surface area contributed by atoms with E-state index in [0.29, 0.717) is 6.61 Å². The SMILES string of the molecule is CCOC(=O)CN.[F][Sb-]([F])([F])([F])([F])[F]. The molecule has 14 heavy (non-hydrogen) atoms. The van der Waals surface area contributed by atoms with Crippen LogP contribution in [-0.2, 0) is 9.53 Å². The molecule has 0 saturated heterocycles. The van der Waals surface area contributed by atoms with Crippen LogP contribution in [0.5, 0.6) is 0 Å². The van der Waals surface area contributed by atoms with Gasteiger partial charge in [0.2, 0.25) is 0 Å². The van der Waals surface area contributed by atoms with Gasteiger partial charge in [0.15, 0.2) is 0 Å². The zero-order valence-electron chi connectivity index (χ0n) is 7.02. The van der Waals surface area contributed by atoms with Crippen molar-refractivity contribution in [3.05, 3.63) is 0 Å². The van der Waals surface area contributed by atoms with Gasteiger partial charge in [0, 0.05) is 0 Å². The van der Waals surface area contributed by atoms with Gasteiger partial charge in [0.05, 0.1) is 13.2 Å². The third-order valence-electron chi connectivity index (χ3n) is 0.472. The molecule has 0 aromatic carbocycles. The van der Waals surface area contributed by atoms with Crippen molar-refractivity contribution in [3.8, 4) is 0 Å². The molecule has 0 aromatic heterocycles. The molecule has 0 bridgehead atoms. The van der Waals surface area contributed by atoms with Gasteiger partial charge in [-0.2, -0.15) is 0 Å². The number of ether oxygens (including phenoxy) is 1. The van der Waals surface area contributed by atoms with Gasteiger partial charge >= 0.3 is 42.3 Å². The van der Waals surface area contributed by atoms with E-state index in [0.717, 1.165) is 0 Å². The van der Waals surface area contributed by atoms with E-state index in [1.807, 2.05) is 0 Å². The van der Waals surface area contributed by atoms with Gasteiger partial charge in [0.25, 0.3) is 0 Å². The van der Waals surface area contributed by atoms with Crippen LogP contribution >= 0.6 is 0 Å². The maximum atomic E-state index is 10.1. The molecular weight excluding hydrogens is 330 g/mol. The number of nitrogens with two attached hydrogens (primary N) is 1. The van der Waals surface area contributed by atoms with E-state index in [4.69, 9.17) is 5.73 Å². The van der Waals surface area contributed by atoms with Crippen LogP contribution in [0, 0.1) is 0 Å². The van der Waals surface area contributed by atoms with Crippen molar-refractivity contribution in [1.82, 2.24) is 0 Å². The molecule has 0 fully saturated rings. The molecule has 0 aliphatic carbocycles. The summed E-state index contributed by atoms with van der Waals surface area (Å²) in [6, 6.07) is 0. The van der Waals surface area contributed by atoms with E-state index >= 15 is 0 Å². The van der Waals surface area contributed by atoms with E-state index in [1.165, 1.54) is 0 Å². The molecule has 10 heteroatoms. The van der Waals surface area contributed by atoms with E-state index in [-0.39, 0.29) is 12.5 Å². The fraction of sp³-hybridized carbons (Fsp3) is 0.750. The summed E-state index contributed by atoms with van der Waals surface area (Å²) in [6.45, 7) is 2.14. The Bertz CT molecular complexity index is 185. The Morgan fingerprint density at radius 2 is 1.50 bits per heavy atom. The molecule has 0 radical (unpaired) electrons. The summed E-state index contributed by atoms with van der Waals surface area (Å²) < 4.78 is 64.0. The van der Waals surface area contributed by atoms with Crippen molar-refractivity contribution in [2.24, 2.45) is 5.73 Å². The fourth-order valence-corrected chi connectivity index (χ4v) is 0.220. The van der Waals surface area contributed by atoms with Crippen LogP contribution in [0.2, 0.25) is 0 Å². The predicted octanol–water partition coefficient (Wildman–Crippen LogP) is 1.65. The average Bonchev–Trinajstić information content (AvgIpc) is 1.81. The molecule has 0 spiro atoms. The fourth-order valence-electron chi connectivity index (χ4n) is 0.220. The van der Waals surface area contributed by atoms with Crippen LogP contribution in [0.4, 0.5) is 16.9 Å². The zero-order chi connectivity index (χ0) is 12.1. The molecule has 0 aliphatic rings. The van der Waals surface area contributed by atoms with Gasteiger partial charge in [-0.1, -0.05) is 0 Å². The van der Waals surface area contributed by atoms with Crippen LogP contribution in [0.3, 0.4) is 0 Å².